The summed E-state index contributed by atoms with van der Waals surface area (Å²) in [6.45, 7) is 0. The highest BCUT2D eigenvalue weighted by atomic mass is 32.2. The van der Waals surface area contributed by atoms with Crippen molar-refractivity contribution in [2.75, 3.05) is 5.32 Å². The summed E-state index contributed by atoms with van der Waals surface area (Å²) in [6.07, 6.45) is 7.36. The van der Waals surface area contributed by atoms with Crippen LogP contribution in [0.25, 0.3) is 0 Å². The molecule has 2 unspecified atom stereocenters. The van der Waals surface area contributed by atoms with E-state index in [0.717, 1.165) is 17.5 Å². The van der Waals surface area contributed by atoms with Crippen molar-refractivity contribution in [1.29, 1.82) is 0 Å². The summed E-state index contributed by atoms with van der Waals surface area (Å²) in [5.74, 6) is 0.441. The number of hydrogen-bond acceptors (Lipinski definition) is 4. The summed E-state index contributed by atoms with van der Waals surface area (Å²) in [5.41, 5.74) is 1.75. The molecule has 5 nitrogen and oxygen atoms in total. The van der Waals surface area contributed by atoms with E-state index in [1.807, 2.05) is 29.6 Å². The largest absolute Gasteiger partial charge is 0.306 e. The van der Waals surface area contributed by atoms with Gasteiger partial charge in [-0.2, -0.15) is 0 Å². The Bertz CT molecular complexity index is 710. The maximum Gasteiger partial charge on any atom is 0.233 e. The Balaban J connectivity index is 1.76. The van der Waals surface area contributed by atoms with E-state index >= 15 is 0 Å². The first kappa shape index (κ1) is 18.2. The first-order valence-corrected chi connectivity index (χ1v) is 10.6. The van der Waals surface area contributed by atoms with Crippen LogP contribution in [0, 0.1) is 5.92 Å². The molecule has 1 aromatic heterocycles. The van der Waals surface area contributed by atoms with Crippen LogP contribution in [0.4, 0.5) is 5.13 Å². The lowest BCUT2D eigenvalue weighted by Crippen LogP contribution is -2.23. The van der Waals surface area contributed by atoms with Crippen LogP contribution in [-0.2, 0) is 21.6 Å². The zero-order valence-corrected chi connectivity index (χ0v) is 15.5. The van der Waals surface area contributed by atoms with Crippen LogP contribution < -0.4 is 5.32 Å². The van der Waals surface area contributed by atoms with Crippen molar-refractivity contribution in [3.8, 4) is 0 Å². The van der Waals surface area contributed by atoms with Crippen molar-refractivity contribution in [2.45, 2.75) is 43.8 Å². The predicted octanol–water partition coefficient (Wildman–Crippen LogP) is 4.17. The molecule has 1 aliphatic rings. The minimum Gasteiger partial charge on any atom is -0.306 e. The Hall–Kier alpha value is -1.57. The summed E-state index contributed by atoms with van der Waals surface area (Å²) in [6, 6.07) is 7.48. The van der Waals surface area contributed by atoms with Gasteiger partial charge in [0.05, 0.1) is 11.7 Å². The first-order chi connectivity index (χ1) is 12.1. The predicted molar refractivity (Wildman–Crippen MR) is 101 cm³/mol. The number of nitrogens with one attached hydrogen (secondary N) is 1. The van der Waals surface area contributed by atoms with Gasteiger partial charge in [-0.1, -0.05) is 49.9 Å². The molecule has 0 aliphatic heterocycles. The Labute approximate surface area is 154 Å². The molecule has 0 spiro atoms. The normalized spacial score (nSPS) is 17.3. The van der Waals surface area contributed by atoms with Crippen LogP contribution >= 0.6 is 11.3 Å². The van der Waals surface area contributed by atoms with Crippen molar-refractivity contribution in [1.82, 2.24) is 4.98 Å². The molecule has 0 bridgehead atoms. The van der Waals surface area contributed by atoms with E-state index in [1.165, 1.54) is 37.0 Å². The zero-order chi connectivity index (χ0) is 17.6. The topological polar surface area (TPSA) is 79.3 Å². The van der Waals surface area contributed by atoms with Gasteiger partial charge in [-0.3, -0.25) is 4.79 Å². The van der Waals surface area contributed by atoms with Crippen LogP contribution in [0.3, 0.4) is 0 Å². The quantitative estimate of drug-likeness (QED) is 0.709. The molecule has 2 aromatic rings. The molecule has 1 heterocycles. The van der Waals surface area contributed by atoms with E-state index in [2.05, 4.69) is 10.3 Å². The molecule has 134 valence electrons. The van der Waals surface area contributed by atoms with E-state index in [1.54, 1.807) is 6.20 Å². The van der Waals surface area contributed by atoms with Gasteiger partial charge in [-0.25, -0.2) is 9.19 Å². The van der Waals surface area contributed by atoms with E-state index in [0.29, 0.717) is 11.0 Å². The van der Waals surface area contributed by atoms with Crippen molar-refractivity contribution < 1.29 is 13.6 Å². The van der Waals surface area contributed by atoms with Gasteiger partial charge in [0.25, 0.3) is 0 Å². The second kappa shape index (κ2) is 8.69. The molecular weight excluding hydrogens is 356 g/mol. The minimum absolute atomic E-state index is 0.0275. The van der Waals surface area contributed by atoms with Gasteiger partial charge in [0.15, 0.2) is 16.2 Å². The Morgan fingerprint density at radius 2 is 2.04 bits per heavy atom. The van der Waals surface area contributed by atoms with Crippen LogP contribution in [0.15, 0.2) is 35.8 Å². The monoisotopic (exact) mass is 378 g/mol. The van der Waals surface area contributed by atoms with Gasteiger partial charge >= 0.3 is 0 Å². The molecule has 1 amide bonds. The van der Waals surface area contributed by atoms with E-state index in [-0.39, 0.29) is 17.6 Å². The number of carbonyl (C=O) groups excluding carboxylic acids is 1. The molecule has 1 saturated carbocycles. The number of benzene rings is 1. The lowest BCUT2D eigenvalue weighted by Gasteiger charge is -2.20. The van der Waals surface area contributed by atoms with Gasteiger partial charge in [-0.15, -0.1) is 11.3 Å². The molecule has 1 aliphatic carbocycles. The average molecular weight is 379 g/mol. The van der Waals surface area contributed by atoms with Gasteiger partial charge in [0, 0.05) is 11.6 Å². The number of rotatable bonds is 7. The standard InChI is InChI=1S/C18H22N2O3S2/c21-17(20-18-19-9-10-24-18)16(11-13-3-1-2-4-13)15-7-5-14(6-8-15)12-25(22)23/h5-10,13,16H,1-4,11-12H2,(H,22,23)(H,19,20,21). The number of nitrogens with zero attached hydrogens (tertiary/aromatic N) is 1. The molecule has 25 heavy (non-hydrogen) atoms. The molecule has 0 saturated heterocycles. The maximum atomic E-state index is 12.8. The second-order valence-electron chi connectivity index (χ2n) is 6.47. The lowest BCUT2D eigenvalue weighted by molar-refractivity contribution is -0.118. The fraction of sp³-hybridized carbons (Fsp3) is 0.444. The third-order valence-electron chi connectivity index (χ3n) is 4.69. The highest BCUT2D eigenvalue weighted by Crippen LogP contribution is 2.35. The highest BCUT2D eigenvalue weighted by Gasteiger charge is 2.27. The fourth-order valence-corrected chi connectivity index (χ4v) is 4.45. The highest BCUT2D eigenvalue weighted by molar-refractivity contribution is 7.78. The third kappa shape index (κ3) is 5.20. The van der Waals surface area contributed by atoms with E-state index < -0.39 is 11.1 Å². The van der Waals surface area contributed by atoms with Gasteiger partial charge in [0.1, 0.15) is 0 Å². The summed E-state index contributed by atoms with van der Waals surface area (Å²) in [7, 11) is 0. The second-order valence-corrected chi connectivity index (χ2v) is 8.30. The SMILES string of the molecule is O=C(Nc1nccs1)C(CC1CCCC1)c1ccc(CS(=O)O)cc1. The molecule has 1 aromatic carbocycles. The molecule has 2 N–H and O–H groups in total. The summed E-state index contributed by atoms with van der Waals surface area (Å²) >= 11 is -0.443. The number of thiazole rings is 1. The van der Waals surface area contributed by atoms with E-state index in [9.17, 15) is 9.00 Å². The Kier molecular flexibility index (Phi) is 6.34. The number of hydrogen-bond donors (Lipinski definition) is 2. The van der Waals surface area contributed by atoms with Crippen molar-refractivity contribution >= 4 is 33.5 Å². The smallest absolute Gasteiger partial charge is 0.233 e. The van der Waals surface area contributed by atoms with E-state index in [4.69, 9.17) is 4.55 Å². The van der Waals surface area contributed by atoms with Gasteiger partial charge in [-0.05, 0) is 23.5 Å². The van der Waals surface area contributed by atoms with Gasteiger partial charge < -0.3 is 9.87 Å². The summed E-state index contributed by atoms with van der Waals surface area (Å²) < 4.78 is 20.0. The fourth-order valence-electron chi connectivity index (χ4n) is 3.44. The molecule has 0 radical (unpaired) electrons. The van der Waals surface area contributed by atoms with Crippen LogP contribution in [0.5, 0.6) is 0 Å². The number of amides is 1. The maximum absolute atomic E-state index is 12.8. The number of anilines is 1. The van der Waals surface area contributed by atoms with Gasteiger partial charge in [0.2, 0.25) is 5.91 Å². The first-order valence-electron chi connectivity index (χ1n) is 8.48. The number of aromatic nitrogens is 1. The Morgan fingerprint density at radius 3 is 2.64 bits per heavy atom. The molecule has 1 fully saturated rings. The average Bonchev–Trinajstić information content (AvgIpc) is 3.26. The van der Waals surface area contributed by atoms with Crippen LogP contribution in [0.2, 0.25) is 0 Å². The minimum atomic E-state index is -1.85. The number of carbonyl (C=O) groups is 1. The summed E-state index contributed by atoms with van der Waals surface area (Å²) in [4.78, 5) is 17.0. The molecular formula is C18H22N2O3S2. The Morgan fingerprint density at radius 1 is 1.32 bits per heavy atom. The van der Waals surface area contributed by atoms with Crippen molar-refractivity contribution in [2.24, 2.45) is 5.92 Å². The lowest BCUT2D eigenvalue weighted by atomic mass is 9.87. The third-order valence-corrected chi connectivity index (χ3v) is 5.96. The van der Waals surface area contributed by atoms with Crippen molar-refractivity contribution in [3.05, 3.63) is 47.0 Å². The molecule has 7 heteroatoms. The zero-order valence-electron chi connectivity index (χ0n) is 13.9. The summed E-state index contributed by atoms with van der Waals surface area (Å²) in [5, 5.41) is 5.38. The van der Waals surface area contributed by atoms with Crippen LogP contribution in [-0.4, -0.2) is 19.7 Å². The molecule has 2 atom stereocenters. The van der Waals surface area contributed by atoms with Crippen LogP contribution in [0.1, 0.15) is 49.1 Å². The van der Waals surface area contributed by atoms with Crippen molar-refractivity contribution in [3.63, 3.8) is 0 Å². The molecule has 3 rings (SSSR count).